The number of rotatable bonds is 3. The first-order chi connectivity index (χ1) is 11.6. The van der Waals surface area contributed by atoms with Gasteiger partial charge in [-0.3, -0.25) is 10.2 Å². The maximum absolute atomic E-state index is 12.4. The van der Waals surface area contributed by atoms with Crippen LogP contribution in [0.1, 0.15) is 22.0 Å². The number of aromatic nitrogens is 2. The van der Waals surface area contributed by atoms with Crippen LogP contribution in [0.5, 0.6) is 0 Å². The normalized spacial score (nSPS) is 15.8. The molecule has 0 saturated carbocycles. The van der Waals surface area contributed by atoms with Crippen LogP contribution in [0, 0.1) is 18.3 Å². The van der Waals surface area contributed by atoms with Gasteiger partial charge in [0.25, 0.3) is 0 Å². The topological polar surface area (TPSA) is 85.2 Å². The number of carbonyl (C=O) groups excluding carboxylic acids is 1. The van der Waals surface area contributed by atoms with Gasteiger partial charge < -0.3 is 4.90 Å². The van der Waals surface area contributed by atoms with Crippen LogP contribution in [-0.4, -0.2) is 52.0 Å². The van der Waals surface area contributed by atoms with Gasteiger partial charge in [-0.25, -0.2) is 14.8 Å². The van der Waals surface area contributed by atoms with Gasteiger partial charge in [0.05, 0.1) is 16.9 Å². The third-order valence-corrected chi connectivity index (χ3v) is 5.40. The molecular formula is C15H18N6OS2. The molecule has 3 heterocycles. The number of urea groups is 1. The van der Waals surface area contributed by atoms with Crippen LogP contribution >= 0.6 is 22.7 Å². The number of nitriles is 1. The Morgan fingerprint density at radius 1 is 1.42 bits per heavy atom. The minimum atomic E-state index is -0.153. The van der Waals surface area contributed by atoms with Gasteiger partial charge >= 0.3 is 6.03 Å². The zero-order chi connectivity index (χ0) is 16.9. The molecule has 2 aromatic heterocycles. The number of nitrogens with one attached hydrogen (secondary N) is 1. The van der Waals surface area contributed by atoms with Crippen molar-refractivity contribution in [1.82, 2.24) is 19.8 Å². The molecule has 0 aliphatic carbocycles. The van der Waals surface area contributed by atoms with E-state index in [9.17, 15) is 4.79 Å². The maximum Gasteiger partial charge on any atom is 0.323 e. The molecule has 126 valence electrons. The average Bonchev–Trinajstić information content (AvgIpc) is 3.11. The second-order valence-electron chi connectivity index (χ2n) is 5.55. The van der Waals surface area contributed by atoms with E-state index in [0.717, 1.165) is 43.3 Å². The molecule has 9 heteroatoms. The lowest BCUT2D eigenvalue weighted by molar-refractivity contribution is 0.211. The van der Waals surface area contributed by atoms with Gasteiger partial charge in [0.2, 0.25) is 0 Å². The molecule has 2 aromatic rings. The van der Waals surface area contributed by atoms with Crippen molar-refractivity contribution in [1.29, 1.82) is 5.26 Å². The molecule has 0 bridgehead atoms. The first-order valence-electron chi connectivity index (χ1n) is 7.69. The molecule has 0 aromatic carbocycles. The Morgan fingerprint density at radius 3 is 3.00 bits per heavy atom. The number of carbonyl (C=O) groups is 1. The third kappa shape index (κ3) is 4.29. The van der Waals surface area contributed by atoms with E-state index >= 15 is 0 Å². The van der Waals surface area contributed by atoms with E-state index in [1.165, 1.54) is 17.5 Å². The summed E-state index contributed by atoms with van der Waals surface area (Å²) in [5.74, 6) is 0. The standard InChI is InChI=1S/C15H18N6OS2/c1-11-18-12(10-23-11)9-20-3-2-4-21(6-5-20)15(22)19-14-17-8-13(7-16)24-14/h8,10H,2-6,9H2,1H3,(H,17,19,22). The van der Waals surface area contributed by atoms with Crippen molar-refractivity contribution in [2.24, 2.45) is 0 Å². The van der Waals surface area contributed by atoms with Gasteiger partial charge in [-0.15, -0.1) is 11.3 Å². The van der Waals surface area contributed by atoms with E-state index in [-0.39, 0.29) is 6.03 Å². The molecule has 0 unspecified atom stereocenters. The maximum atomic E-state index is 12.4. The number of aryl methyl sites for hydroxylation is 1. The lowest BCUT2D eigenvalue weighted by Crippen LogP contribution is -2.38. The summed E-state index contributed by atoms with van der Waals surface area (Å²) in [6.07, 6.45) is 2.40. The van der Waals surface area contributed by atoms with Gasteiger partial charge in [0.15, 0.2) is 5.13 Å². The van der Waals surface area contributed by atoms with Gasteiger partial charge in [0.1, 0.15) is 10.9 Å². The minimum absolute atomic E-state index is 0.153. The summed E-state index contributed by atoms with van der Waals surface area (Å²) >= 11 is 2.85. The number of hydrogen-bond donors (Lipinski definition) is 1. The van der Waals surface area contributed by atoms with E-state index in [0.29, 0.717) is 16.6 Å². The SMILES string of the molecule is Cc1nc(CN2CCCN(C(=O)Nc3ncc(C#N)s3)CC2)cs1. The van der Waals surface area contributed by atoms with Crippen molar-refractivity contribution in [3.05, 3.63) is 27.2 Å². The second kappa shape index (κ2) is 7.70. The van der Waals surface area contributed by atoms with Crippen molar-refractivity contribution < 1.29 is 4.79 Å². The van der Waals surface area contributed by atoms with Gasteiger partial charge in [-0.1, -0.05) is 11.3 Å². The average molecular weight is 362 g/mol. The summed E-state index contributed by atoms with van der Waals surface area (Å²) in [6.45, 7) is 6.01. The van der Waals surface area contributed by atoms with E-state index < -0.39 is 0 Å². The first kappa shape index (κ1) is 16.8. The Balaban J connectivity index is 1.52. The number of thiazole rings is 2. The highest BCUT2D eigenvalue weighted by Gasteiger charge is 2.20. The Kier molecular flexibility index (Phi) is 5.40. The Morgan fingerprint density at radius 2 is 2.29 bits per heavy atom. The zero-order valence-electron chi connectivity index (χ0n) is 13.4. The first-order valence-corrected chi connectivity index (χ1v) is 9.39. The predicted molar refractivity (Wildman–Crippen MR) is 94.2 cm³/mol. The fraction of sp³-hybridized carbons (Fsp3) is 0.467. The summed E-state index contributed by atoms with van der Waals surface area (Å²) in [5.41, 5.74) is 1.10. The van der Waals surface area contributed by atoms with Gasteiger partial charge in [0, 0.05) is 38.1 Å². The molecule has 1 fully saturated rings. The Bertz CT molecular complexity index is 749. The molecule has 1 saturated heterocycles. The molecule has 2 amide bonds. The number of anilines is 1. The van der Waals surface area contributed by atoms with Crippen LogP contribution in [0.3, 0.4) is 0 Å². The van der Waals surface area contributed by atoms with Crippen molar-refractivity contribution >= 4 is 33.8 Å². The molecule has 0 radical (unpaired) electrons. The summed E-state index contributed by atoms with van der Waals surface area (Å²) in [5, 5.41) is 15.2. The molecular weight excluding hydrogens is 344 g/mol. The van der Waals surface area contributed by atoms with Crippen LogP contribution in [-0.2, 0) is 6.54 Å². The van der Waals surface area contributed by atoms with Crippen molar-refractivity contribution in [3.63, 3.8) is 0 Å². The number of amides is 2. The number of hydrogen-bond acceptors (Lipinski definition) is 7. The van der Waals surface area contributed by atoms with Crippen LogP contribution in [0.4, 0.5) is 9.93 Å². The van der Waals surface area contributed by atoms with E-state index in [1.807, 2.05) is 13.0 Å². The van der Waals surface area contributed by atoms with Crippen molar-refractivity contribution in [2.45, 2.75) is 19.9 Å². The summed E-state index contributed by atoms with van der Waals surface area (Å²) in [7, 11) is 0. The van der Waals surface area contributed by atoms with Crippen molar-refractivity contribution in [2.75, 3.05) is 31.5 Å². The Hall–Kier alpha value is -2.02. The van der Waals surface area contributed by atoms with Gasteiger partial charge in [-0.05, 0) is 13.3 Å². The van der Waals surface area contributed by atoms with E-state index in [2.05, 4.69) is 25.6 Å². The van der Waals surface area contributed by atoms with Crippen molar-refractivity contribution in [3.8, 4) is 6.07 Å². The summed E-state index contributed by atoms with van der Waals surface area (Å²) in [4.78, 5) is 25.5. The summed E-state index contributed by atoms with van der Waals surface area (Å²) in [6, 6.07) is 1.87. The second-order valence-corrected chi connectivity index (χ2v) is 7.64. The molecule has 1 N–H and O–H groups in total. The lowest BCUT2D eigenvalue weighted by Gasteiger charge is -2.21. The molecule has 0 atom stereocenters. The monoisotopic (exact) mass is 362 g/mol. The predicted octanol–water partition coefficient (Wildman–Crippen LogP) is 2.52. The fourth-order valence-electron chi connectivity index (χ4n) is 2.60. The van der Waals surface area contributed by atoms with Gasteiger partial charge in [-0.2, -0.15) is 5.26 Å². The van der Waals surface area contributed by atoms with Crippen LogP contribution in [0.15, 0.2) is 11.6 Å². The zero-order valence-corrected chi connectivity index (χ0v) is 15.0. The lowest BCUT2D eigenvalue weighted by atomic mass is 10.3. The quantitative estimate of drug-likeness (QED) is 0.907. The molecule has 0 spiro atoms. The third-order valence-electron chi connectivity index (χ3n) is 3.76. The highest BCUT2D eigenvalue weighted by atomic mass is 32.1. The highest BCUT2D eigenvalue weighted by molar-refractivity contribution is 7.16. The van der Waals surface area contributed by atoms with E-state index in [1.54, 1.807) is 16.2 Å². The molecule has 7 nitrogen and oxygen atoms in total. The van der Waals surface area contributed by atoms with Crippen LogP contribution in [0.2, 0.25) is 0 Å². The molecule has 24 heavy (non-hydrogen) atoms. The molecule has 1 aliphatic rings. The van der Waals surface area contributed by atoms with Crippen LogP contribution in [0.25, 0.3) is 0 Å². The molecule has 3 rings (SSSR count). The van der Waals surface area contributed by atoms with Crippen LogP contribution < -0.4 is 5.32 Å². The fourth-order valence-corrected chi connectivity index (χ4v) is 3.80. The summed E-state index contributed by atoms with van der Waals surface area (Å²) < 4.78 is 0. The minimum Gasteiger partial charge on any atom is -0.323 e. The highest BCUT2D eigenvalue weighted by Crippen LogP contribution is 2.18. The Labute approximate surface area is 148 Å². The molecule has 1 aliphatic heterocycles. The van der Waals surface area contributed by atoms with E-state index in [4.69, 9.17) is 5.26 Å². The smallest absolute Gasteiger partial charge is 0.323 e. The number of nitrogens with zero attached hydrogens (tertiary/aromatic N) is 5. The largest absolute Gasteiger partial charge is 0.323 e.